The van der Waals surface area contributed by atoms with E-state index < -0.39 is 4.92 Å². The largest absolute Gasteiger partial charge is 0.383 e. The predicted molar refractivity (Wildman–Crippen MR) is 125 cm³/mol. The third kappa shape index (κ3) is 7.52. The lowest BCUT2D eigenvalue weighted by molar-refractivity contribution is -0.384. The summed E-state index contributed by atoms with van der Waals surface area (Å²) in [5.41, 5.74) is 2.93. The van der Waals surface area contributed by atoms with Gasteiger partial charge in [0.1, 0.15) is 5.76 Å². The summed E-state index contributed by atoms with van der Waals surface area (Å²) in [6, 6.07) is 6.36. The van der Waals surface area contributed by atoms with Gasteiger partial charge >= 0.3 is 0 Å². The molecule has 29 heavy (non-hydrogen) atoms. The lowest BCUT2D eigenvalue weighted by Crippen LogP contribution is -2.39. The minimum Gasteiger partial charge on any atom is -0.383 e. The average Bonchev–Trinajstić information content (AvgIpc) is 3.11. The smallest absolute Gasteiger partial charge is 0.269 e. The lowest BCUT2D eigenvalue weighted by Gasteiger charge is -2.12. The number of anilines is 1. The fourth-order valence-corrected chi connectivity index (χ4v) is 2.71. The van der Waals surface area contributed by atoms with Crippen LogP contribution in [0.3, 0.4) is 0 Å². The molecular formula is C19H29IN6O3. The van der Waals surface area contributed by atoms with Crippen LogP contribution in [0.5, 0.6) is 0 Å². The number of non-ortho nitro benzene ring substituents is 1. The number of benzene rings is 1. The molecule has 2 rings (SSSR count). The molecule has 0 amide bonds. The Morgan fingerprint density at radius 3 is 2.45 bits per heavy atom. The van der Waals surface area contributed by atoms with Crippen LogP contribution < -0.4 is 16.0 Å². The molecule has 2 aromatic rings. The number of guanidine groups is 1. The van der Waals surface area contributed by atoms with Gasteiger partial charge in [0.25, 0.3) is 5.69 Å². The van der Waals surface area contributed by atoms with Crippen molar-refractivity contribution in [1.29, 1.82) is 0 Å². The molecular weight excluding hydrogens is 487 g/mol. The molecule has 160 valence electrons. The van der Waals surface area contributed by atoms with E-state index in [0.29, 0.717) is 19.6 Å². The Labute approximate surface area is 187 Å². The fourth-order valence-electron chi connectivity index (χ4n) is 2.71. The van der Waals surface area contributed by atoms with Crippen molar-refractivity contribution in [3.05, 3.63) is 51.4 Å². The van der Waals surface area contributed by atoms with E-state index in [1.807, 2.05) is 13.8 Å². The Morgan fingerprint density at radius 1 is 1.14 bits per heavy atom. The molecule has 0 bridgehead atoms. The van der Waals surface area contributed by atoms with Crippen LogP contribution in [0.15, 0.2) is 33.8 Å². The number of aromatic nitrogens is 1. The van der Waals surface area contributed by atoms with E-state index in [1.165, 1.54) is 12.1 Å². The summed E-state index contributed by atoms with van der Waals surface area (Å²) < 4.78 is 5.39. The van der Waals surface area contributed by atoms with Crippen molar-refractivity contribution in [2.45, 2.75) is 40.2 Å². The second kappa shape index (κ2) is 13.0. The van der Waals surface area contributed by atoms with Crippen molar-refractivity contribution >= 4 is 41.3 Å². The molecule has 0 atom stereocenters. The highest BCUT2D eigenvalue weighted by atomic mass is 127. The molecule has 0 unspecified atom stereocenters. The maximum atomic E-state index is 10.7. The molecule has 0 aliphatic heterocycles. The molecule has 9 nitrogen and oxygen atoms in total. The molecule has 1 heterocycles. The SMILES string of the molecule is CCNC(=NCc1c(CC)noc1CC)NCCNc1ccc([N+](=O)[O-])cc1.I. The molecule has 0 aliphatic carbocycles. The van der Waals surface area contributed by atoms with Crippen LogP contribution in [-0.4, -0.2) is 35.7 Å². The summed E-state index contributed by atoms with van der Waals surface area (Å²) in [5.74, 6) is 1.61. The van der Waals surface area contributed by atoms with Crippen LogP contribution >= 0.6 is 24.0 Å². The first-order chi connectivity index (χ1) is 13.6. The standard InChI is InChI=1S/C19H28N6O3.HI/c1-4-17-16(18(5-2)28-24-17)13-23-19(20-6-3)22-12-11-21-14-7-9-15(10-8-14)25(26)27;/h7-10,21H,4-6,11-13H2,1-3H3,(H2,20,22,23);1H. The molecule has 0 fully saturated rings. The first-order valence-corrected chi connectivity index (χ1v) is 9.55. The van der Waals surface area contributed by atoms with Gasteiger partial charge in [-0.3, -0.25) is 10.1 Å². The van der Waals surface area contributed by atoms with Crippen molar-refractivity contribution in [3.63, 3.8) is 0 Å². The van der Waals surface area contributed by atoms with Gasteiger partial charge in [-0.2, -0.15) is 0 Å². The molecule has 3 N–H and O–H groups in total. The van der Waals surface area contributed by atoms with Crippen molar-refractivity contribution in [2.75, 3.05) is 25.0 Å². The van der Waals surface area contributed by atoms with Crippen LogP contribution in [0, 0.1) is 10.1 Å². The molecule has 0 aliphatic rings. The number of rotatable bonds is 10. The quantitative estimate of drug-likeness (QED) is 0.111. The highest BCUT2D eigenvalue weighted by Crippen LogP contribution is 2.17. The van der Waals surface area contributed by atoms with Gasteiger partial charge in [0.15, 0.2) is 5.96 Å². The third-order valence-corrected chi connectivity index (χ3v) is 4.17. The summed E-state index contributed by atoms with van der Waals surface area (Å²) in [5, 5.41) is 24.5. The average molecular weight is 516 g/mol. The van der Waals surface area contributed by atoms with Crippen molar-refractivity contribution in [2.24, 2.45) is 4.99 Å². The van der Waals surface area contributed by atoms with Crippen LogP contribution in [0.2, 0.25) is 0 Å². The van der Waals surface area contributed by atoms with Gasteiger partial charge in [-0.15, -0.1) is 24.0 Å². The molecule has 0 spiro atoms. The number of nitro groups is 1. The number of halogens is 1. The van der Waals surface area contributed by atoms with Gasteiger partial charge in [0.05, 0.1) is 17.2 Å². The Morgan fingerprint density at radius 2 is 1.86 bits per heavy atom. The maximum Gasteiger partial charge on any atom is 0.269 e. The number of aliphatic imine (C=N–C) groups is 1. The Balaban J connectivity index is 0.00000420. The maximum absolute atomic E-state index is 10.7. The minimum atomic E-state index is -0.409. The van der Waals surface area contributed by atoms with Gasteiger partial charge in [-0.05, 0) is 25.5 Å². The summed E-state index contributed by atoms with van der Waals surface area (Å²) in [6.45, 7) is 8.68. The van der Waals surface area contributed by atoms with E-state index in [9.17, 15) is 10.1 Å². The first kappa shape index (κ1) is 24.7. The summed E-state index contributed by atoms with van der Waals surface area (Å²) >= 11 is 0. The van der Waals surface area contributed by atoms with Gasteiger partial charge in [0, 0.05) is 49.4 Å². The Kier molecular flexibility index (Phi) is 11.0. The highest BCUT2D eigenvalue weighted by Gasteiger charge is 2.13. The number of nitro benzene ring substituents is 1. The zero-order valence-electron chi connectivity index (χ0n) is 17.0. The van der Waals surface area contributed by atoms with E-state index >= 15 is 0 Å². The number of nitrogens with zero attached hydrogens (tertiary/aromatic N) is 3. The zero-order valence-corrected chi connectivity index (χ0v) is 19.4. The van der Waals surface area contributed by atoms with Crippen LogP contribution in [0.1, 0.15) is 37.8 Å². The van der Waals surface area contributed by atoms with E-state index in [4.69, 9.17) is 4.52 Å². The number of aryl methyl sites for hydroxylation is 2. The summed E-state index contributed by atoms with van der Waals surface area (Å²) in [7, 11) is 0. The second-order valence-corrected chi connectivity index (χ2v) is 6.09. The van der Waals surface area contributed by atoms with Gasteiger partial charge < -0.3 is 20.5 Å². The molecule has 0 saturated heterocycles. The molecule has 0 radical (unpaired) electrons. The third-order valence-electron chi connectivity index (χ3n) is 4.17. The highest BCUT2D eigenvalue weighted by molar-refractivity contribution is 14.0. The van der Waals surface area contributed by atoms with Gasteiger partial charge in [-0.1, -0.05) is 19.0 Å². The lowest BCUT2D eigenvalue weighted by atomic mass is 10.1. The first-order valence-electron chi connectivity index (χ1n) is 9.55. The number of nitrogens with one attached hydrogen (secondary N) is 3. The number of hydrogen-bond donors (Lipinski definition) is 3. The molecule has 1 aromatic carbocycles. The van der Waals surface area contributed by atoms with Crippen molar-refractivity contribution in [3.8, 4) is 0 Å². The Bertz CT molecular complexity index is 770. The van der Waals surface area contributed by atoms with Crippen LogP contribution in [0.25, 0.3) is 0 Å². The number of hydrogen-bond acceptors (Lipinski definition) is 6. The van der Waals surface area contributed by atoms with Crippen LogP contribution in [-0.2, 0) is 19.4 Å². The van der Waals surface area contributed by atoms with Crippen LogP contribution in [0.4, 0.5) is 11.4 Å². The van der Waals surface area contributed by atoms with E-state index in [1.54, 1.807) is 12.1 Å². The molecule has 10 heteroatoms. The normalized spacial score (nSPS) is 10.9. The summed E-state index contributed by atoms with van der Waals surface area (Å²) in [6.07, 6.45) is 1.61. The predicted octanol–water partition coefficient (Wildman–Crippen LogP) is 3.49. The fraction of sp³-hybridized carbons (Fsp3) is 0.474. The van der Waals surface area contributed by atoms with E-state index in [2.05, 4.69) is 33.0 Å². The van der Waals surface area contributed by atoms with Crippen molar-refractivity contribution < 1.29 is 9.45 Å². The van der Waals surface area contributed by atoms with Gasteiger partial charge in [0.2, 0.25) is 0 Å². The monoisotopic (exact) mass is 516 g/mol. The minimum absolute atomic E-state index is 0. The molecule has 1 aromatic heterocycles. The van der Waals surface area contributed by atoms with E-state index in [-0.39, 0.29) is 29.7 Å². The Hall–Kier alpha value is -2.37. The second-order valence-electron chi connectivity index (χ2n) is 6.09. The zero-order chi connectivity index (χ0) is 20.4. The van der Waals surface area contributed by atoms with Gasteiger partial charge in [-0.25, -0.2) is 4.99 Å². The van der Waals surface area contributed by atoms with Crippen molar-refractivity contribution in [1.82, 2.24) is 15.8 Å². The van der Waals surface area contributed by atoms with E-state index in [0.717, 1.165) is 48.1 Å². The topological polar surface area (TPSA) is 118 Å². The summed E-state index contributed by atoms with van der Waals surface area (Å²) in [4.78, 5) is 14.9. The molecule has 0 saturated carbocycles.